The molecule has 0 atom stereocenters. The van der Waals surface area contributed by atoms with Gasteiger partial charge in [-0.2, -0.15) is 0 Å². The molecule has 0 amide bonds. The average molecular weight is 785 g/mol. The molecule has 0 unspecified atom stereocenters. The number of aromatic nitrogens is 6. The molecule has 0 N–H and O–H groups in total. The SMILES string of the molecule is c1ccc(-c2nc(-c3ccc(-c4cnc5sc6c(-c7ccc8ccccc8c7)ncnc6c5c4)cc3)cc(-c3cccc(-n4c5ccccc5c5ccccc54)c3)n2)cc1. The molecule has 0 saturated carbocycles. The zero-order chi connectivity index (χ0) is 39.6. The van der Waals surface area contributed by atoms with Crippen LogP contribution in [0.3, 0.4) is 0 Å². The topological polar surface area (TPSA) is 69.4 Å². The Morgan fingerprint density at radius 2 is 1.08 bits per heavy atom. The zero-order valence-corrected chi connectivity index (χ0v) is 32.9. The molecule has 0 bridgehead atoms. The number of benzene rings is 7. The lowest BCUT2D eigenvalue weighted by Crippen LogP contribution is -1.97. The highest BCUT2D eigenvalue weighted by molar-refractivity contribution is 7.25. The summed E-state index contributed by atoms with van der Waals surface area (Å²) in [7, 11) is 0. The Balaban J connectivity index is 0.923. The maximum atomic E-state index is 5.16. The molecule has 0 radical (unpaired) electrons. The molecule has 5 heterocycles. The van der Waals surface area contributed by atoms with Crippen LogP contribution in [0.5, 0.6) is 0 Å². The van der Waals surface area contributed by atoms with Gasteiger partial charge in [0.15, 0.2) is 5.82 Å². The van der Waals surface area contributed by atoms with Gasteiger partial charge in [-0.05, 0) is 58.8 Å². The van der Waals surface area contributed by atoms with Crippen LogP contribution in [0.1, 0.15) is 0 Å². The van der Waals surface area contributed by atoms with Crippen LogP contribution in [0.15, 0.2) is 195 Å². The van der Waals surface area contributed by atoms with Crippen molar-refractivity contribution in [3.05, 3.63) is 195 Å². The summed E-state index contributed by atoms with van der Waals surface area (Å²) in [5.74, 6) is 0.679. The fraction of sp³-hybridized carbons (Fsp3) is 0. The van der Waals surface area contributed by atoms with Gasteiger partial charge in [0, 0.05) is 55.9 Å². The minimum Gasteiger partial charge on any atom is -0.309 e. The van der Waals surface area contributed by atoms with Crippen LogP contribution in [0, 0.1) is 0 Å². The van der Waals surface area contributed by atoms with Crippen molar-refractivity contribution in [2.24, 2.45) is 0 Å². The molecule has 280 valence electrons. The maximum absolute atomic E-state index is 5.16. The fourth-order valence-electron chi connectivity index (χ4n) is 8.46. The van der Waals surface area contributed by atoms with Crippen LogP contribution in [0.2, 0.25) is 0 Å². The zero-order valence-electron chi connectivity index (χ0n) is 32.1. The Kier molecular flexibility index (Phi) is 7.92. The van der Waals surface area contributed by atoms with Crippen molar-refractivity contribution in [3.8, 4) is 62.0 Å². The first-order chi connectivity index (χ1) is 29.7. The summed E-state index contributed by atoms with van der Waals surface area (Å²) in [6.07, 6.45) is 3.62. The van der Waals surface area contributed by atoms with Gasteiger partial charge in [0.1, 0.15) is 11.2 Å². The molecule has 60 heavy (non-hydrogen) atoms. The number of hydrogen-bond donors (Lipinski definition) is 0. The molecule has 0 aliphatic rings. The summed E-state index contributed by atoms with van der Waals surface area (Å²) < 4.78 is 3.38. The molecule has 0 aliphatic heterocycles. The van der Waals surface area contributed by atoms with Crippen molar-refractivity contribution in [2.75, 3.05) is 0 Å². The van der Waals surface area contributed by atoms with Crippen LogP contribution in [-0.4, -0.2) is 29.5 Å². The summed E-state index contributed by atoms with van der Waals surface area (Å²) >= 11 is 1.64. The summed E-state index contributed by atoms with van der Waals surface area (Å²) in [5, 5.41) is 5.88. The first-order valence-corrected chi connectivity index (χ1v) is 20.7. The van der Waals surface area contributed by atoms with Gasteiger partial charge < -0.3 is 4.57 Å². The van der Waals surface area contributed by atoms with Crippen LogP contribution in [-0.2, 0) is 0 Å². The predicted molar refractivity (Wildman–Crippen MR) is 247 cm³/mol. The molecule has 0 aliphatic carbocycles. The maximum Gasteiger partial charge on any atom is 0.160 e. The van der Waals surface area contributed by atoms with E-state index in [1.165, 1.54) is 32.6 Å². The van der Waals surface area contributed by atoms with Gasteiger partial charge >= 0.3 is 0 Å². The van der Waals surface area contributed by atoms with E-state index >= 15 is 0 Å². The molecular formula is C53H32N6S. The van der Waals surface area contributed by atoms with E-state index in [1.807, 2.05) is 24.4 Å². The van der Waals surface area contributed by atoms with Crippen molar-refractivity contribution in [1.29, 1.82) is 0 Å². The Labute approximate surface area is 348 Å². The number of rotatable bonds is 6. The Bertz CT molecular complexity index is 3560. The predicted octanol–water partition coefficient (Wildman–Crippen LogP) is 13.6. The molecule has 5 aromatic heterocycles. The number of thiophene rings is 1. The van der Waals surface area contributed by atoms with Gasteiger partial charge in [0.25, 0.3) is 0 Å². The Morgan fingerprint density at radius 3 is 1.88 bits per heavy atom. The Hall–Kier alpha value is -7.87. The van der Waals surface area contributed by atoms with Crippen LogP contribution in [0.4, 0.5) is 0 Å². The van der Waals surface area contributed by atoms with Crippen LogP contribution in [0.25, 0.3) is 115 Å². The number of nitrogens with zero attached hydrogens (tertiary/aromatic N) is 6. The summed E-state index contributed by atoms with van der Waals surface area (Å²) in [6.45, 7) is 0. The standard InChI is InChI=1S/C53H32N6S/c1-2-12-36(13-3-1)52-57-45(30-46(58-52)38-15-10-16-41(28-38)59-47-19-8-6-17-42(47)43-18-7-9-20-48(43)59)35-24-21-34(22-25-35)40-29-44-50-51(60-53(44)54-31-40)49(55-32-56-50)39-26-23-33-11-4-5-14-37(33)27-39/h1-32H. The molecule has 0 fully saturated rings. The first kappa shape index (κ1) is 34.2. The smallest absolute Gasteiger partial charge is 0.160 e. The van der Waals surface area contributed by atoms with E-state index in [0.29, 0.717) is 5.82 Å². The summed E-state index contributed by atoms with van der Waals surface area (Å²) in [5.41, 5.74) is 13.1. The van der Waals surface area contributed by atoms with Crippen molar-refractivity contribution in [1.82, 2.24) is 29.5 Å². The van der Waals surface area contributed by atoms with Gasteiger partial charge in [0.2, 0.25) is 0 Å². The second-order valence-electron chi connectivity index (χ2n) is 15.0. The second kappa shape index (κ2) is 13.9. The summed E-state index contributed by atoms with van der Waals surface area (Å²) in [6, 6.07) is 63.8. The number of hydrogen-bond acceptors (Lipinski definition) is 6. The van der Waals surface area contributed by atoms with E-state index in [1.54, 1.807) is 17.7 Å². The minimum absolute atomic E-state index is 0.679. The lowest BCUT2D eigenvalue weighted by Gasteiger charge is -2.12. The Morgan fingerprint density at radius 1 is 0.417 bits per heavy atom. The number of para-hydroxylation sites is 2. The van der Waals surface area contributed by atoms with E-state index in [9.17, 15) is 0 Å². The monoisotopic (exact) mass is 784 g/mol. The fourth-order valence-corrected chi connectivity index (χ4v) is 9.55. The first-order valence-electron chi connectivity index (χ1n) is 19.9. The minimum atomic E-state index is 0.679. The molecule has 7 aromatic carbocycles. The van der Waals surface area contributed by atoms with Crippen molar-refractivity contribution < 1.29 is 0 Å². The largest absolute Gasteiger partial charge is 0.309 e. The lowest BCUT2D eigenvalue weighted by molar-refractivity contribution is 1.16. The highest BCUT2D eigenvalue weighted by Crippen LogP contribution is 2.40. The molecule has 0 saturated heterocycles. The van der Waals surface area contributed by atoms with E-state index in [2.05, 4.69) is 168 Å². The highest BCUT2D eigenvalue weighted by atomic mass is 32.1. The van der Waals surface area contributed by atoms with Gasteiger partial charge in [-0.25, -0.2) is 24.9 Å². The van der Waals surface area contributed by atoms with Gasteiger partial charge in [-0.1, -0.05) is 140 Å². The summed E-state index contributed by atoms with van der Waals surface area (Å²) in [4.78, 5) is 25.7. The van der Waals surface area contributed by atoms with Gasteiger partial charge in [0.05, 0.1) is 38.3 Å². The van der Waals surface area contributed by atoms with Gasteiger partial charge in [-0.3, -0.25) is 0 Å². The number of fused-ring (bicyclic) bond motifs is 7. The van der Waals surface area contributed by atoms with Gasteiger partial charge in [-0.15, -0.1) is 11.3 Å². The number of pyridine rings is 1. The molecule has 12 aromatic rings. The third kappa shape index (κ3) is 5.74. The molecular weight excluding hydrogens is 753 g/mol. The van der Waals surface area contributed by atoms with Crippen molar-refractivity contribution >= 4 is 64.3 Å². The third-order valence-electron chi connectivity index (χ3n) is 11.4. The average Bonchev–Trinajstić information content (AvgIpc) is 3.87. The molecule has 6 nitrogen and oxygen atoms in total. The van der Waals surface area contributed by atoms with Crippen molar-refractivity contribution in [2.45, 2.75) is 0 Å². The quantitative estimate of drug-likeness (QED) is 0.168. The van der Waals surface area contributed by atoms with Crippen LogP contribution >= 0.6 is 11.3 Å². The molecule has 12 rings (SSSR count). The third-order valence-corrected chi connectivity index (χ3v) is 12.5. The van der Waals surface area contributed by atoms with Crippen LogP contribution < -0.4 is 0 Å². The van der Waals surface area contributed by atoms with E-state index in [4.69, 9.17) is 24.9 Å². The second-order valence-corrected chi connectivity index (χ2v) is 16.0. The lowest BCUT2D eigenvalue weighted by atomic mass is 10.0. The van der Waals surface area contributed by atoms with E-state index < -0.39 is 0 Å². The molecule has 0 spiro atoms. The van der Waals surface area contributed by atoms with E-state index in [-0.39, 0.29) is 0 Å². The normalized spacial score (nSPS) is 11.7. The van der Waals surface area contributed by atoms with Crippen molar-refractivity contribution in [3.63, 3.8) is 0 Å². The molecule has 7 heteroatoms. The van der Waals surface area contributed by atoms with E-state index in [0.717, 1.165) is 76.6 Å². The highest BCUT2D eigenvalue weighted by Gasteiger charge is 2.17.